The maximum Gasteiger partial charge on any atom is 0.339 e. The minimum absolute atomic E-state index is 0.0359. The first kappa shape index (κ1) is 14.5. The van der Waals surface area contributed by atoms with Gasteiger partial charge in [0.05, 0.1) is 0 Å². The van der Waals surface area contributed by atoms with Gasteiger partial charge in [-0.15, -0.1) is 0 Å². The number of nitrogens with zero attached hydrogens (tertiary/aromatic N) is 2. The number of hydrogen-bond acceptors (Lipinski definition) is 4. The molecule has 0 aliphatic heterocycles. The van der Waals surface area contributed by atoms with Crippen molar-refractivity contribution in [3.63, 3.8) is 0 Å². The third-order valence-corrected chi connectivity index (χ3v) is 2.46. The number of hydrogen-bond donors (Lipinski definition) is 2. The maximum atomic E-state index is 11.1. The third-order valence-electron chi connectivity index (χ3n) is 2.46. The Labute approximate surface area is 107 Å². The summed E-state index contributed by atoms with van der Waals surface area (Å²) in [4.78, 5) is 15.0. The number of phenols is 1. The van der Waals surface area contributed by atoms with Gasteiger partial charge in [-0.1, -0.05) is 0 Å². The normalized spacial score (nSPS) is 11.2. The molecular weight excluding hydrogens is 232 g/mol. The predicted molar refractivity (Wildman–Crippen MR) is 69.8 cm³/mol. The van der Waals surface area contributed by atoms with Crippen LogP contribution in [0.3, 0.4) is 0 Å². The van der Waals surface area contributed by atoms with Gasteiger partial charge < -0.3 is 20.0 Å². The Bertz CT molecular complexity index is 442. The van der Waals surface area contributed by atoms with Crippen molar-refractivity contribution in [1.29, 1.82) is 0 Å². The van der Waals surface area contributed by atoms with Crippen LogP contribution in [0.25, 0.3) is 0 Å². The zero-order valence-electron chi connectivity index (χ0n) is 11.3. The van der Waals surface area contributed by atoms with Gasteiger partial charge in [-0.25, -0.2) is 4.79 Å². The summed E-state index contributed by atoms with van der Waals surface area (Å²) in [6.45, 7) is 1.15. The molecule has 2 N–H and O–H groups in total. The Kier molecular flexibility index (Phi) is 4.69. The van der Waals surface area contributed by atoms with E-state index in [1.54, 1.807) is 0 Å². The van der Waals surface area contributed by atoms with Crippen molar-refractivity contribution in [2.24, 2.45) is 0 Å². The molecule has 0 atom stereocenters. The van der Waals surface area contributed by atoms with E-state index in [1.165, 1.54) is 6.07 Å². The molecule has 1 aromatic rings. The summed E-state index contributed by atoms with van der Waals surface area (Å²) in [5, 5.41) is 19.0. The summed E-state index contributed by atoms with van der Waals surface area (Å²) in [6, 6.07) is 3.37. The first-order valence-electron chi connectivity index (χ1n) is 5.68. The van der Waals surface area contributed by atoms with E-state index in [0.717, 1.165) is 5.56 Å². The van der Waals surface area contributed by atoms with Crippen LogP contribution in [0, 0.1) is 0 Å². The molecule has 5 nitrogen and oxygen atoms in total. The van der Waals surface area contributed by atoms with Gasteiger partial charge in [0.2, 0.25) is 0 Å². The van der Waals surface area contributed by atoms with Crippen LogP contribution >= 0.6 is 0 Å². The molecule has 5 heteroatoms. The van der Waals surface area contributed by atoms with Crippen molar-refractivity contribution in [1.82, 2.24) is 9.80 Å². The Morgan fingerprint density at radius 1 is 1.11 bits per heavy atom. The molecule has 0 aliphatic rings. The number of rotatable bonds is 5. The van der Waals surface area contributed by atoms with E-state index in [1.807, 2.05) is 44.1 Å². The average Bonchev–Trinajstić information content (AvgIpc) is 2.20. The Morgan fingerprint density at radius 2 is 1.67 bits per heavy atom. The van der Waals surface area contributed by atoms with Gasteiger partial charge in [0, 0.05) is 18.7 Å². The lowest BCUT2D eigenvalue weighted by atomic mass is 10.0. The standard InChI is InChI=1S/C13H20N2O3/c1-14(2)7-9-5-10(8-15(3)4)12(16)11(6-9)13(17)18/h5-6,16H,7-8H2,1-4H3,(H,17,18). The van der Waals surface area contributed by atoms with Gasteiger partial charge in [0.25, 0.3) is 0 Å². The topological polar surface area (TPSA) is 64.0 Å². The van der Waals surface area contributed by atoms with E-state index in [0.29, 0.717) is 18.7 Å². The van der Waals surface area contributed by atoms with E-state index < -0.39 is 5.97 Å². The van der Waals surface area contributed by atoms with E-state index in [2.05, 4.69) is 0 Å². The summed E-state index contributed by atoms with van der Waals surface area (Å²) in [5.41, 5.74) is 1.48. The van der Waals surface area contributed by atoms with E-state index in [9.17, 15) is 9.90 Å². The summed E-state index contributed by atoms with van der Waals surface area (Å²) in [5.74, 6) is -1.24. The zero-order valence-corrected chi connectivity index (χ0v) is 11.3. The lowest BCUT2D eigenvalue weighted by Gasteiger charge is -2.16. The fraction of sp³-hybridized carbons (Fsp3) is 0.462. The molecule has 0 spiro atoms. The molecule has 0 bridgehead atoms. The summed E-state index contributed by atoms with van der Waals surface area (Å²) >= 11 is 0. The highest BCUT2D eigenvalue weighted by Crippen LogP contribution is 2.26. The summed E-state index contributed by atoms with van der Waals surface area (Å²) in [7, 11) is 7.58. The lowest BCUT2D eigenvalue weighted by Crippen LogP contribution is -2.15. The van der Waals surface area contributed by atoms with Crippen LogP contribution in [0.5, 0.6) is 5.75 Å². The zero-order chi connectivity index (χ0) is 13.9. The molecule has 0 heterocycles. The second-order valence-corrected chi connectivity index (χ2v) is 4.93. The van der Waals surface area contributed by atoms with Gasteiger partial charge in [-0.3, -0.25) is 0 Å². The number of aromatic hydroxyl groups is 1. The Balaban J connectivity index is 3.23. The number of carbonyl (C=O) groups is 1. The quantitative estimate of drug-likeness (QED) is 0.824. The summed E-state index contributed by atoms with van der Waals surface area (Å²) < 4.78 is 0. The molecular formula is C13H20N2O3. The van der Waals surface area contributed by atoms with Gasteiger partial charge in [-0.2, -0.15) is 0 Å². The lowest BCUT2D eigenvalue weighted by molar-refractivity contribution is 0.0693. The Morgan fingerprint density at radius 3 is 2.11 bits per heavy atom. The molecule has 0 fully saturated rings. The fourth-order valence-corrected chi connectivity index (χ4v) is 1.84. The van der Waals surface area contributed by atoms with Crippen molar-refractivity contribution in [2.75, 3.05) is 28.2 Å². The number of aromatic carboxylic acids is 1. The van der Waals surface area contributed by atoms with E-state index >= 15 is 0 Å². The van der Waals surface area contributed by atoms with Gasteiger partial charge in [0.1, 0.15) is 11.3 Å². The summed E-state index contributed by atoms with van der Waals surface area (Å²) in [6.07, 6.45) is 0. The molecule has 0 unspecified atom stereocenters. The second kappa shape index (κ2) is 5.84. The van der Waals surface area contributed by atoms with Crippen LogP contribution in [0.15, 0.2) is 12.1 Å². The molecule has 0 aromatic heterocycles. The molecule has 1 aromatic carbocycles. The molecule has 1 rings (SSSR count). The Hall–Kier alpha value is -1.59. The van der Waals surface area contributed by atoms with Crippen LogP contribution in [0.2, 0.25) is 0 Å². The smallest absolute Gasteiger partial charge is 0.339 e. The highest BCUT2D eigenvalue weighted by molar-refractivity contribution is 5.91. The first-order chi connectivity index (χ1) is 8.31. The van der Waals surface area contributed by atoms with Crippen molar-refractivity contribution in [2.45, 2.75) is 13.1 Å². The highest BCUT2D eigenvalue weighted by atomic mass is 16.4. The first-order valence-corrected chi connectivity index (χ1v) is 5.68. The molecule has 100 valence electrons. The third kappa shape index (κ3) is 3.72. The monoisotopic (exact) mass is 252 g/mol. The molecule has 0 saturated carbocycles. The number of benzene rings is 1. The largest absolute Gasteiger partial charge is 0.507 e. The van der Waals surface area contributed by atoms with Crippen LogP contribution in [0.1, 0.15) is 21.5 Å². The van der Waals surface area contributed by atoms with Crippen molar-refractivity contribution in [3.05, 3.63) is 28.8 Å². The molecule has 0 radical (unpaired) electrons. The van der Waals surface area contributed by atoms with Gasteiger partial charge in [-0.05, 0) is 45.9 Å². The SMILES string of the molecule is CN(C)Cc1cc(CN(C)C)c(O)c(C(=O)O)c1. The van der Waals surface area contributed by atoms with Crippen LogP contribution in [0.4, 0.5) is 0 Å². The van der Waals surface area contributed by atoms with Gasteiger partial charge in [0.15, 0.2) is 0 Å². The fourth-order valence-electron chi connectivity index (χ4n) is 1.84. The number of carboxylic acid groups (broad SMARTS) is 1. The van der Waals surface area contributed by atoms with Gasteiger partial charge >= 0.3 is 5.97 Å². The van der Waals surface area contributed by atoms with Crippen molar-refractivity contribution in [3.8, 4) is 5.75 Å². The average molecular weight is 252 g/mol. The maximum absolute atomic E-state index is 11.1. The minimum Gasteiger partial charge on any atom is -0.507 e. The molecule has 0 saturated heterocycles. The predicted octanol–water partition coefficient (Wildman–Crippen LogP) is 1.21. The van der Waals surface area contributed by atoms with Crippen LogP contribution < -0.4 is 0 Å². The molecule has 18 heavy (non-hydrogen) atoms. The van der Waals surface area contributed by atoms with E-state index in [4.69, 9.17) is 5.11 Å². The van der Waals surface area contributed by atoms with Crippen LogP contribution in [-0.2, 0) is 13.1 Å². The van der Waals surface area contributed by atoms with E-state index in [-0.39, 0.29) is 11.3 Å². The second-order valence-electron chi connectivity index (χ2n) is 4.93. The minimum atomic E-state index is -1.10. The van der Waals surface area contributed by atoms with Crippen molar-refractivity contribution < 1.29 is 15.0 Å². The number of carboxylic acids is 1. The molecule has 0 aliphatic carbocycles. The van der Waals surface area contributed by atoms with Crippen molar-refractivity contribution >= 4 is 5.97 Å². The van der Waals surface area contributed by atoms with Crippen LogP contribution in [-0.4, -0.2) is 54.2 Å². The highest BCUT2D eigenvalue weighted by Gasteiger charge is 2.16. The molecule has 0 amide bonds.